The molecule has 1 N–H and O–H groups in total. The van der Waals surface area contributed by atoms with Gasteiger partial charge < -0.3 is 4.98 Å². The van der Waals surface area contributed by atoms with Crippen molar-refractivity contribution in [1.82, 2.24) is 9.97 Å². The van der Waals surface area contributed by atoms with Gasteiger partial charge in [0, 0.05) is 6.26 Å². The van der Waals surface area contributed by atoms with Crippen LogP contribution in [0.15, 0.2) is 23.1 Å². The lowest BCUT2D eigenvalue weighted by Crippen LogP contribution is -1.96. The zero-order valence-electron chi connectivity index (χ0n) is 8.56. The van der Waals surface area contributed by atoms with Crippen molar-refractivity contribution >= 4 is 20.9 Å². The summed E-state index contributed by atoms with van der Waals surface area (Å²) in [5.74, 6) is 0.545. The Kier molecular flexibility index (Phi) is 2.40. The maximum Gasteiger partial charge on any atom is 0.175 e. The Morgan fingerprint density at radius 2 is 2.25 bits per heavy atom. The molecule has 0 aliphatic heterocycles. The number of benzene rings is 1. The number of hydrogen-bond acceptors (Lipinski definition) is 4. The molecule has 1 aromatic heterocycles. The van der Waals surface area contributed by atoms with Crippen LogP contribution in [0.5, 0.6) is 0 Å². The molecule has 1 heterocycles. The molecule has 0 spiro atoms. The summed E-state index contributed by atoms with van der Waals surface area (Å²) in [6, 6.07) is 6.64. The van der Waals surface area contributed by atoms with E-state index in [0.717, 1.165) is 6.26 Å². The van der Waals surface area contributed by atoms with Gasteiger partial charge in [0.25, 0.3) is 0 Å². The maximum absolute atomic E-state index is 11.3. The molecule has 2 rings (SSSR count). The molecule has 0 fully saturated rings. The fourth-order valence-electron chi connectivity index (χ4n) is 1.43. The molecule has 6 heteroatoms. The highest BCUT2D eigenvalue weighted by molar-refractivity contribution is 7.90. The van der Waals surface area contributed by atoms with Gasteiger partial charge in [-0.15, -0.1) is 0 Å². The molecule has 0 saturated heterocycles. The quantitative estimate of drug-likeness (QED) is 0.842. The number of imidazole rings is 1. The van der Waals surface area contributed by atoms with Crippen molar-refractivity contribution in [3.05, 3.63) is 24.0 Å². The van der Waals surface area contributed by atoms with E-state index in [2.05, 4.69) is 9.97 Å². The summed E-state index contributed by atoms with van der Waals surface area (Å²) in [5.41, 5.74) is 1.30. The first-order valence-corrected chi connectivity index (χ1v) is 6.45. The number of H-pyrrole nitrogens is 1. The molecule has 2 aromatic rings. The summed E-state index contributed by atoms with van der Waals surface area (Å²) in [6.07, 6.45) is 1.34. The molecule has 0 bridgehead atoms. The predicted molar refractivity (Wildman–Crippen MR) is 58.5 cm³/mol. The van der Waals surface area contributed by atoms with E-state index in [1.165, 1.54) is 12.1 Å². The van der Waals surface area contributed by atoms with Gasteiger partial charge in [-0.05, 0) is 18.2 Å². The van der Waals surface area contributed by atoms with Crippen LogP contribution in [0.25, 0.3) is 11.0 Å². The number of hydrogen-bond donors (Lipinski definition) is 1. The minimum Gasteiger partial charge on any atom is -0.341 e. The SMILES string of the molecule is CS(=O)(=O)c1ccc2nc(CC#N)[nH]c2c1. The second kappa shape index (κ2) is 3.61. The Bertz CT molecular complexity index is 680. The highest BCUT2D eigenvalue weighted by Gasteiger charge is 2.09. The number of nitrogens with zero attached hydrogens (tertiary/aromatic N) is 2. The number of sulfone groups is 1. The normalized spacial score (nSPS) is 11.5. The zero-order valence-corrected chi connectivity index (χ0v) is 9.37. The lowest BCUT2D eigenvalue weighted by Gasteiger charge is -1.96. The Labute approximate surface area is 92.7 Å². The summed E-state index contributed by atoms with van der Waals surface area (Å²) >= 11 is 0. The van der Waals surface area contributed by atoms with Crippen LogP contribution in [0, 0.1) is 11.3 Å². The zero-order chi connectivity index (χ0) is 11.8. The summed E-state index contributed by atoms with van der Waals surface area (Å²) in [5, 5.41) is 8.52. The number of nitriles is 1. The van der Waals surface area contributed by atoms with Crippen LogP contribution in [0.3, 0.4) is 0 Å². The van der Waals surface area contributed by atoms with Crippen LogP contribution in [0.1, 0.15) is 5.82 Å². The van der Waals surface area contributed by atoms with Gasteiger partial charge in [-0.2, -0.15) is 5.26 Å². The fourth-order valence-corrected chi connectivity index (χ4v) is 2.08. The average Bonchev–Trinajstić information content (AvgIpc) is 2.57. The third-order valence-electron chi connectivity index (χ3n) is 2.18. The lowest BCUT2D eigenvalue weighted by molar-refractivity contribution is 0.602. The van der Waals surface area contributed by atoms with E-state index in [9.17, 15) is 8.42 Å². The van der Waals surface area contributed by atoms with Gasteiger partial charge in [0.15, 0.2) is 9.84 Å². The van der Waals surface area contributed by atoms with Crippen LogP contribution < -0.4 is 0 Å². The maximum atomic E-state index is 11.3. The predicted octanol–water partition coefficient (Wildman–Crippen LogP) is 1.03. The Morgan fingerprint density at radius 3 is 2.88 bits per heavy atom. The van der Waals surface area contributed by atoms with Gasteiger partial charge in [0.1, 0.15) is 5.82 Å². The van der Waals surface area contributed by atoms with Crippen molar-refractivity contribution in [2.24, 2.45) is 0 Å². The number of nitrogens with one attached hydrogen (secondary N) is 1. The molecule has 5 nitrogen and oxygen atoms in total. The van der Waals surface area contributed by atoms with E-state index in [1.807, 2.05) is 6.07 Å². The van der Waals surface area contributed by atoms with Gasteiger partial charge >= 0.3 is 0 Å². The van der Waals surface area contributed by atoms with Crippen molar-refractivity contribution in [3.8, 4) is 6.07 Å². The van der Waals surface area contributed by atoms with E-state index in [-0.39, 0.29) is 11.3 Å². The topological polar surface area (TPSA) is 86.6 Å². The summed E-state index contributed by atoms with van der Waals surface area (Å²) in [4.78, 5) is 7.31. The molecule has 0 unspecified atom stereocenters. The monoisotopic (exact) mass is 235 g/mol. The average molecular weight is 235 g/mol. The number of rotatable bonds is 2. The molecule has 0 aliphatic carbocycles. The van der Waals surface area contributed by atoms with Crippen molar-refractivity contribution < 1.29 is 8.42 Å². The molecule has 16 heavy (non-hydrogen) atoms. The fraction of sp³-hybridized carbons (Fsp3) is 0.200. The summed E-state index contributed by atoms with van der Waals surface area (Å²) < 4.78 is 22.6. The molecule has 1 aromatic carbocycles. The highest BCUT2D eigenvalue weighted by Crippen LogP contribution is 2.17. The minimum atomic E-state index is -3.21. The van der Waals surface area contributed by atoms with Crippen molar-refractivity contribution in [1.29, 1.82) is 5.26 Å². The molecule has 0 amide bonds. The minimum absolute atomic E-state index is 0.183. The molecule has 82 valence electrons. The first-order valence-electron chi connectivity index (χ1n) is 4.56. The molecule has 0 radical (unpaired) electrons. The van der Waals surface area contributed by atoms with Gasteiger partial charge in [-0.25, -0.2) is 13.4 Å². The molecule has 0 atom stereocenters. The van der Waals surface area contributed by atoms with Gasteiger partial charge in [0.05, 0.1) is 28.4 Å². The Morgan fingerprint density at radius 1 is 1.50 bits per heavy atom. The molecular weight excluding hydrogens is 226 g/mol. The van der Waals surface area contributed by atoms with Crippen LogP contribution in [-0.2, 0) is 16.3 Å². The first kappa shape index (κ1) is 10.6. The van der Waals surface area contributed by atoms with Crippen LogP contribution in [0.4, 0.5) is 0 Å². The Balaban J connectivity index is 2.59. The largest absolute Gasteiger partial charge is 0.341 e. The summed E-state index contributed by atoms with van der Waals surface area (Å²) in [6.45, 7) is 0. The van der Waals surface area contributed by atoms with Gasteiger partial charge in [-0.3, -0.25) is 0 Å². The second-order valence-electron chi connectivity index (χ2n) is 3.47. The van der Waals surface area contributed by atoms with Crippen molar-refractivity contribution in [2.45, 2.75) is 11.3 Å². The number of aromatic amines is 1. The lowest BCUT2D eigenvalue weighted by atomic mass is 10.3. The smallest absolute Gasteiger partial charge is 0.175 e. The first-order chi connectivity index (χ1) is 7.50. The van der Waals surface area contributed by atoms with E-state index in [0.29, 0.717) is 16.9 Å². The molecular formula is C10H9N3O2S. The van der Waals surface area contributed by atoms with E-state index < -0.39 is 9.84 Å². The van der Waals surface area contributed by atoms with Gasteiger partial charge in [0.2, 0.25) is 0 Å². The van der Waals surface area contributed by atoms with E-state index in [4.69, 9.17) is 5.26 Å². The molecule has 0 aliphatic rings. The van der Waals surface area contributed by atoms with Crippen molar-refractivity contribution in [3.63, 3.8) is 0 Å². The van der Waals surface area contributed by atoms with Crippen LogP contribution in [-0.4, -0.2) is 24.6 Å². The molecule has 0 saturated carbocycles. The van der Waals surface area contributed by atoms with E-state index in [1.54, 1.807) is 6.07 Å². The summed E-state index contributed by atoms with van der Waals surface area (Å²) in [7, 11) is -3.21. The number of fused-ring (bicyclic) bond motifs is 1. The highest BCUT2D eigenvalue weighted by atomic mass is 32.2. The Hall–Kier alpha value is -1.87. The van der Waals surface area contributed by atoms with Gasteiger partial charge in [-0.1, -0.05) is 0 Å². The second-order valence-corrected chi connectivity index (χ2v) is 5.49. The van der Waals surface area contributed by atoms with Crippen LogP contribution in [0.2, 0.25) is 0 Å². The van der Waals surface area contributed by atoms with Crippen molar-refractivity contribution in [2.75, 3.05) is 6.26 Å². The van der Waals surface area contributed by atoms with E-state index >= 15 is 0 Å². The number of aromatic nitrogens is 2. The third-order valence-corrected chi connectivity index (χ3v) is 3.29. The standard InChI is InChI=1S/C10H9N3O2S/c1-16(14,15)7-2-3-8-9(6-7)13-10(12-8)4-5-11/h2-3,6H,4H2,1H3,(H,12,13). The third kappa shape index (κ3) is 1.90. The van der Waals surface area contributed by atoms with Crippen LogP contribution >= 0.6 is 0 Å².